The van der Waals surface area contributed by atoms with Crippen LogP contribution in [0.4, 0.5) is 0 Å². The van der Waals surface area contributed by atoms with Crippen LogP contribution in [0.1, 0.15) is 0 Å². The second kappa shape index (κ2) is 9.94. The van der Waals surface area contributed by atoms with Gasteiger partial charge in [0.1, 0.15) is 0 Å². The van der Waals surface area contributed by atoms with Gasteiger partial charge in [-0.15, -0.1) is 12.8 Å². The summed E-state index contributed by atoms with van der Waals surface area (Å²) in [6.07, 6.45) is 10.7. The topological polar surface area (TPSA) is 30.5 Å². The summed E-state index contributed by atoms with van der Waals surface area (Å²) in [5.41, 5.74) is 0. The number of rotatable bonds is 2. The molecule has 0 radical (unpaired) electrons. The van der Waals surface area contributed by atoms with E-state index in [1.807, 2.05) is 0 Å². The quantitative estimate of drug-likeness (QED) is 0.617. The molecule has 4 heteroatoms. The Morgan fingerprint density at radius 1 is 0.722 bits per heavy atom. The lowest BCUT2D eigenvalue weighted by Crippen LogP contribution is -2.43. The Labute approximate surface area is 111 Å². The smallest absolute Gasteiger partial charge is 0.0599 e. The Balaban J connectivity index is 2.33. The van der Waals surface area contributed by atoms with Crippen LogP contribution in [-0.2, 0) is 0 Å². The Bertz CT molecular complexity index is 247. The fourth-order valence-electron chi connectivity index (χ4n) is 2.00. The van der Waals surface area contributed by atoms with E-state index in [4.69, 9.17) is 12.8 Å². The molecule has 1 rings (SSSR count). The van der Waals surface area contributed by atoms with E-state index in [-0.39, 0.29) is 0 Å². The highest BCUT2D eigenvalue weighted by Crippen LogP contribution is 1.89. The molecule has 0 aromatic carbocycles. The van der Waals surface area contributed by atoms with E-state index in [2.05, 4.69) is 32.3 Å². The van der Waals surface area contributed by atoms with E-state index >= 15 is 0 Å². The van der Waals surface area contributed by atoms with Crippen molar-refractivity contribution in [2.45, 2.75) is 0 Å². The van der Waals surface area contributed by atoms with E-state index in [9.17, 15) is 0 Å². The first-order valence-electron chi connectivity index (χ1n) is 6.60. The summed E-state index contributed by atoms with van der Waals surface area (Å²) in [6.45, 7) is 9.37. The van der Waals surface area contributed by atoms with Gasteiger partial charge < -0.3 is 10.6 Å². The summed E-state index contributed by atoms with van der Waals surface area (Å²) in [4.78, 5) is 4.58. The molecule has 4 nitrogen and oxygen atoms in total. The number of terminal acetylenes is 2. The molecule has 0 saturated carbocycles. The van der Waals surface area contributed by atoms with Crippen LogP contribution in [0.3, 0.4) is 0 Å². The van der Waals surface area contributed by atoms with E-state index in [1.165, 1.54) is 0 Å². The minimum absolute atomic E-state index is 0.729. The van der Waals surface area contributed by atoms with Gasteiger partial charge in [-0.1, -0.05) is 11.8 Å². The SMILES string of the molecule is C#CCN1CCNCCN(CC#C)CCNCC1. The van der Waals surface area contributed by atoms with Gasteiger partial charge in [-0.2, -0.15) is 0 Å². The summed E-state index contributed by atoms with van der Waals surface area (Å²) in [5, 5.41) is 6.88. The van der Waals surface area contributed by atoms with Gasteiger partial charge in [-0.05, 0) is 0 Å². The zero-order valence-corrected chi connectivity index (χ0v) is 11.1. The lowest BCUT2D eigenvalue weighted by atomic mass is 10.4. The van der Waals surface area contributed by atoms with Gasteiger partial charge in [0.05, 0.1) is 13.1 Å². The first kappa shape index (κ1) is 15.0. The molecule has 0 aliphatic carbocycles. The van der Waals surface area contributed by atoms with Crippen LogP contribution in [0.2, 0.25) is 0 Å². The van der Waals surface area contributed by atoms with Gasteiger partial charge in [0.25, 0.3) is 0 Å². The summed E-state index contributed by atoms with van der Waals surface area (Å²) >= 11 is 0. The zero-order valence-electron chi connectivity index (χ0n) is 11.1. The lowest BCUT2D eigenvalue weighted by molar-refractivity contribution is 0.268. The van der Waals surface area contributed by atoms with Crippen molar-refractivity contribution in [1.29, 1.82) is 0 Å². The van der Waals surface area contributed by atoms with Crippen LogP contribution in [0.15, 0.2) is 0 Å². The normalized spacial score (nSPS) is 21.2. The molecule has 0 aromatic rings. The molecule has 0 amide bonds. The molecule has 1 heterocycles. The Kier molecular flexibility index (Phi) is 8.29. The summed E-state index contributed by atoms with van der Waals surface area (Å²) in [6, 6.07) is 0. The van der Waals surface area contributed by atoms with Crippen molar-refractivity contribution in [3.05, 3.63) is 0 Å². The van der Waals surface area contributed by atoms with Crippen LogP contribution < -0.4 is 10.6 Å². The van der Waals surface area contributed by atoms with Crippen LogP contribution >= 0.6 is 0 Å². The predicted molar refractivity (Wildman–Crippen MR) is 76.3 cm³/mol. The Hall–Kier alpha value is -1.04. The third-order valence-corrected chi connectivity index (χ3v) is 3.05. The minimum Gasteiger partial charge on any atom is -0.314 e. The van der Waals surface area contributed by atoms with Crippen molar-refractivity contribution in [3.63, 3.8) is 0 Å². The third kappa shape index (κ3) is 6.64. The average molecular weight is 248 g/mol. The highest BCUT2D eigenvalue weighted by atomic mass is 15.2. The molecule has 1 aliphatic heterocycles. The van der Waals surface area contributed by atoms with Crippen molar-refractivity contribution < 1.29 is 0 Å². The van der Waals surface area contributed by atoms with Crippen molar-refractivity contribution in [2.75, 3.05) is 65.4 Å². The monoisotopic (exact) mass is 248 g/mol. The molecule has 0 unspecified atom stereocenters. The van der Waals surface area contributed by atoms with Gasteiger partial charge in [-0.3, -0.25) is 9.80 Å². The molecule has 2 N–H and O–H groups in total. The maximum Gasteiger partial charge on any atom is 0.0599 e. The molecule has 0 bridgehead atoms. The van der Waals surface area contributed by atoms with Gasteiger partial charge in [0.2, 0.25) is 0 Å². The van der Waals surface area contributed by atoms with E-state index in [0.717, 1.165) is 65.4 Å². The molecule has 1 aliphatic rings. The fourth-order valence-corrected chi connectivity index (χ4v) is 2.00. The van der Waals surface area contributed by atoms with Gasteiger partial charge in [-0.25, -0.2) is 0 Å². The van der Waals surface area contributed by atoms with E-state index in [0.29, 0.717) is 0 Å². The largest absolute Gasteiger partial charge is 0.314 e. The van der Waals surface area contributed by atoms with Gasteiger partial charge >= 0.3 is 0 Å². The average Bonchev–Trinajstić information content (AvgIpc) is 2.35. The van der Waals surface area contributed by atoms with Gasteiger partial charge in [0, 0.05) is 52.4 Å². The Morgan fingerprint density at radius 2 is 1.06 bits per heavy atom. The number of nitrogens with zero attached hydrogens (tertiary/aromatic N) is 2. The van der Waals surface area contributed by atoms with Crippen molar-refractivity contribution in [1.82, 2.24) is 20.4 Å². The standard InChI is InChI=1S/C14H24N4/c1-3-9-17-11-5-15-7-13-18(10-4-2)14-8-16-6-12-17/h1-2,15-16H,5-14H2. The number of hydrogen-bond acceptors (Lipinski definition) is 4. The third-order valence-electron chi connectivity index (χ3n) is 3.05. The maximum atomic E-state index is 5.37. The van der Waals surface area contributed by atoms with Gasteiger partial charge in [0.15, 0.2) is 0 Å². The van der Waals surface area contributed by atoms with Crippen LogP contribution in [0, 0.1) is 24.7 Å². The Morgan fingerprint density at radius 3 is 1.33 bits per heavy atom. The molecular formula is C14H24N4. The minimum atomic E-state index is 0.729. The zero-order chi connectivity index (χ0) is 13.1. The number of hydrogen-bond donors (Lipinski definition) is 2. The molecule has 0 aromatic heterocycles. The molecule has 0 atom stereocenters. The first-order valence-corrected chi connectivity index (χ1v) is 6.60. The van der Waals surface area contributed by atoms with E-state index in [1.54, 1.807) is 0 Å². The molecule has 1 saturated heterocycles. The number of nitrogens with one attached hydrogen (secondary N) is 2. The summed E-state index contributed by atoms with van der Waals surface area (Å²) in [5.74, 6) is 5.43. The van der Waals surface area contributed by atoms with Crippen molar-refractivity contribution in [2.24, 2.45) is 0 Å². The first-order chi connectivity index (χ1) is 8.86. The van der Waals surface area contributed by atoms with Crippen LogP contribution in [0.25, 0.3) is 0 Å². The maximum absolute atomic E-state index is 5.37. The molecular weight excluding hydrogens is 224 g/mol. The van der Waals surface area contributed by atoms with Crippen molar-refractivity contribution in [3.8, 4) is 24.7 Å². The molecule has 18 heavy (non-hydrogen) atoms. The highest BCUT2D eigenvalue weighted by Gasteiger charge is 2.06. The molecule has 1 fully saturated rings. The van der Waals surface area contributed by atoms with Crippen molar-refractivity contribution >= 4 is 0 Å². The molecule has 100 valence electrons. The van der Waals surface area contributed by atoms with Crippen LogP contribution in [0.5, 0.6) is 0 Å². The second-order valence-corrected chi connectivity index (χ2v) is 4.46. The summed E-state index contributed by atoms with van der Waals surface area (Å²) in [7, 11) is 0. The summed E-state index contributed by atoms with van der Waals surface area (Å²) < 4.78 is 0. The highest BCUT2D eigenvalue weighted by molar-refractivity contribution is 4.89. The predicted octanol–water partition coefficient (Wildman–Crippen LogP) is -0.950. The second-order valence-electron chi connectivity index (χ2n) is 4.46. The van der Waals surface area contributed by atoms with E-state index < -0.39 is 0 Å². The molecule has 0 spiro atoms. The lowest BCUT2D eigenvalue weighted by Gasteiger charge is -2.24. The fraction of sp³-hybridized carbons (Fsp3) is 0.714. The van der Waals surface area contributed by atoms with Crippen LogP contribution in [-0.4, -0.2) is 75.2 Å².